The van der Waals surface area contributed by atoms with Crippen molar-refractivity contribution >= 4 is 23.8 Å². The molecule has 0 aromatic rings. The number of fused-ring (bicyclic) bond motifs is 1. The molecule has 2 aliphatic heterocycles. The molecule has 1 amide bonds. The number of hydrogen-bond donors (Lipinski definition) is 2. The third-order valence-corrected chi connectivity index (χ3v) is 1.97. The van der Waals surface area contributed by atoms with E-state index >= 15 is 0 Å². The summed E-state index contributed by atoms with van der Waals surface area (Å²) in [5.41, 5.74) is 0.285. The Morgan fingerprint density at radius 2 is 2.38 bits per heavy atom. The maximum absolute atomic E-state index is 11.4. The molecule has 0 spiro atoms. The van der Waals surface area contributed by atoms with Crippen molar-refractivity contribution in [1.29, 1.82) is 0 Å². The van der Waals surface area contributed by atoms with Crippen molar-refractivity contribution in [3.8, 4) is 0 Å². The summed E-state index contributed by atoms with van der Waals surface area (Å²) < 4.78 is 0. The molecule has 0 aromatic heterocycles. The molecule has 0 aromatic carbocycles. The molecular formula is C7H9N5O. The number of aliphatic imine (C=N–C) groups is 3. The average molecular weight is 179 g/mol. The quantitative estimate of drug-likeness (QED) is 0.535. The summed E-state index contributed by atoms with van der Waals surface area (Å²) in [6, 6.07) is 0. The zero-order valence-corrected chi connectivity index (χ0v) is 7.33. The molecule has 2 rings (SSSR count). The summed E-state index contributed by atoms with van der Waals surface area (Å²) in [6.45, 7) is 1.75. The first-order valence-corrected chi connectivity index (χ1v) is 3.86. The predicted molar refractivity (Wildman–Crippen MR) is 49.0 cm³/mol. The maximum atomic E-state index is 11.4. The van der Waals surface area contributed by atoms with Gasteiger partial charge in [-0.15, -0.1) is 0 Å². The Morgan fingerprint density at radius 3 is 3.08 bits per heavy atom. The van der Waals surface area contributed by atoms with Gasteiger partial charge in [-0.1, -0.05) is 0 Å². The van der Waals surface area contributed by atoms with Crippen LogP contribution >= 0.6 is 0 Å². The minimum atomic E-state index is -0.771. The van der Waals surface area contributed by atoms with E-state index in [2.05, 4.69) is 25.6 Å². The van der Waals surface area contributed by atoms with Crippen LogP contribution in [-0.4, -0.2) is 36.6 Å². The average Bonchev–Trinajstić information content (AvgIpc) is 2.52. The van der Waals surface area contributed by atoms with Gasteiger partial charge in [0.25, 0.3) is 5.91 Å². The molecule has 1 unspecified atom stereocenters. The van der Waals surface area contributed by atoms with Gasteiger partial charge in [0.1, 0.15) is 6.34 Å². The molecule has 0 bridgehead atoms. The van der Waals surface area contributed by atoms with Gasteiger partial charge in [-0.25, -0.2) is 15.0 Å². The van der Waals surface area contributed by atoms with Crippen LogP contribution in [0.1, 0.15) is 6.92 Å². The lowest BCUT2D eigenvalue weighted by atomic mass is 10.2. The molecule has 0 radical (unpaired) electrons. The molecular weight excluding hydrogens is 170 g/mol. The zero-order chi connectivity index (χ0) is 9.47. The predicted octanol–water partition coefficient (Wildman–Crippen LogP) is -1.11. The number of nitrogens with one attached hydrogen (secondary N) is 2. The van der Waals surface area contributed by atoms with Gasteiger partial charge < -0.3 is 5.32 Å². The molecule has 0 fully saturated rings. The first-order chi connectivity index (χ1) is 6.14. The second-order valence-electron chi connectivity index (χ2n) is 2.93. The molecule has 68 valence electrons. The first kappa shape index (κ1) is 8.06. The molecule has 6 heteroatoms. The molecule has 0 aliphatic carbocycles. The highest BCUT2D eigenvalue weighted by Crippen LogP contribution is 2.10. The molecule has 0 saturated carbocycles. The van der Waals surface area contributed by atoms with E-state index in [1.165, 1.54) is 6.34 Å². The lowest BCUT2D eigenvalue weighted by molar-refractivity contribution is -0.116. The fourth-order valence-electron chi connectivity index (χ4n) is 1.14. The molecule has 0 saturated heterocycles. The Bertz CT molecular complexity index is 356. The van der Waals surface area contributed by atoms with Gasteiger partial charge in [-0.2, -0.15) is 0 Å². The van der Waals surface area contributed by atoms with Crippen LogP contribution in [0.3, 0.4) is 0 Å². The van der Waals surface area contributed by atoms with Crippen molar-refractivity contribution in [2.75, 3.05) is 7.05 Å². The Labute approximate surface area is 74.9 Å². The van der Waals surface area contributed by atoms with Gasteiger partial charge in [-0.3, -0.25) is 10.1 Å². The van der Waals surface area contributed by atoms with Crippen LogP contribution < -0.4 is 10.6 Å². The van der Waals surface area contributed by atoms with E-state index in [0.717, 1.165) is 0 Å². The van der Waals surface area contributed by atoms with Gasteiger partial charge in [-0.05, 0) is 14.0 Å². The maximum Gasteiger partial charge on any atom is 0.276 e. The van der Waals surface area contributed by atoms with E-state index in [0.29, 0.717) is 5.84 Å². The number of hydrogen-bond acceptors (Lipinski definition) is 5. The van der Waals surface area contributed by atoms with E-state index in [4.69, 9.17) is 0 Å². The van der Waals surface area contributed by atoms with Crippen molar-refractivity contribution in [1.82, 2.24) is 10.6 Å². The van der Waals surface area contributed by atoms with Gasteiger partial charge in [0.2, 0.25) is 0 Å². The lowest BCUT2D eigenvalue weighted by Crippen LogP contribution is -2.59. The second-order valence-corrected chi connectivity index (χ2v) is 2.93. The molecule has 2 N–H and O–H groups in total. The standard InChI is InChI=1S/C7H9N5O/c1-7(8-2)11-5-4(6(13)12-7)9-3-10-5/h3,8H,1-2H3,(H,12,13). The second kappa shape index (κ2) is 2.46. The van der Waals surface area contributed by atoms with E-state index in [-0.39, 0.29) is 11.6 Å². The Hall–Kier alpha value is -1.56. The Morgan fingerprint density at radius 1 is 1.62 bits per heavy atom. The van der Waals surface area contributed by atoms with Crippen LogP contribution in [0.5, 0.6) is 0 Å². The molecule has 6 nitrogen and oxygen atoms in total. The van der Waals surface area contributed by atoms with Crippen molar-refractivity contribution < 1.29 is 4.79 Å². The Balaban J connectivity index is 2.44. The van der Waals surface area contributed by atoms with Gasteiger partial charge >= 0.3 is 0 Å². The molecule has 2 aliphatic rings. The lowest BCUT2D eigenvalue weighted by Gasteiger charge is -2.29. The van der Waals surface area contributed by atoms with Crippen molar-refractivity contribution in [2.45, 2.75) is 12.7 Å². The number of amides is 1. The highest BCUT2D eigenvalue weighted by molar-refractivity contribution is 6.69. The highest BCUT2D eigenvalue weighted by Gasteiger charge is 2.35. The van der Waals surface area contributed by atoms with Crippen LogP contribution in [0.4, 0.5) is 0 Å². The minimum absolute atomic E-state index is 0.251. The summed E-state index contributed by atoms with van der Waals surface area (Å²) in [5.74, 6) is -0.632. The highest BCUT2D eigenvalue weighted by atomic mass is 16.2. The third-order valence-electron chi connectivity index (χ3n) is 1.97. The number of nitrogens with zero attached hydrogens (tertiary/aromatic N) is 3. The summed E-state index contributed by atoms with van der Waals surface area (Å²) in [4.78, 5) is 23.3. The van der Waals surface area contributed by atoms with Crippen LogP contribution in [0.2, 0.25) is 0 Å². The zero-order valence-electron chi connectivity index (χ0n) is 7.33. The van der Waals surface area contributed by atoms with Crippen molar-refractivity contribution in [3.05, 3.63) is 0 Å². The van der Waals surface area contributed by atoms with Crippen LogP contribution in [0.15, 0.2) is 15.0 Å². The van der Waals surface area contributed by atoms with Gasteiger partial charge in [0.15, 0.2) is 17.3 Å². The van der Waals surface area contributed by atoms with E-state index < -0.39 is 5.79 Å². The topological polar surface area (TPSA) is 78.2 Å². The largest absolute Gasteiger partial charge is 0.314 e. The van der Waals surface area contributed by atoms with Gasteiger partial charge in [0, 0.05) is 0 Å². The van der Waals surface area contributed by atoms with Crippen molar-refractivity contribution in [2.24, 2.45) is 15.0 Å². The Kier molecular flexibility index (Phi) is 1.53. The minimum Gasteiger partial charge on any atom is -0.314 e. The third kappa shape index (κ3) is 1.15. The van der Waals surface area contributed by atoms with Crippen LogP contribution in [0, 0.1) is 0 Å². The first-order valence-electron chi connectivity index (χ1n) is 3.86. The summed E-state index contributed by atoms with van der Waals surface area (Å²) >= 11 is 0. The summed E-state index contributed by atoms with van der Waals surface area (Å²) in [6.07, 6.45) is 1.33. The summed E-state index contributed by atoms with van der Waals surface area (Å²) in [5, 5.41) is 5.54. The number of amidine groups is 1. The fraction of sp³-hybridized carbons (Fsp3) is 0.429. The van der Waals surface area contributed by atoms with Crippen LogP contribution in [0.25, 0.3) is 0 Å². The van der Waals surface area contributed by atoms with Crippen molar-refractivity contribution in [3.63, 3.8) is 0 Å². The smallest absolute Gasteiger partial charge is 0.276 e. The number of carbonyl (C=O) groups is 1. The molecule has 13 heavy (non-hydrogen) atoms. The number of carbonyl (C=O) groups excluding carboxylic acids is 1. The van der Waals surface area contributed by atoms with E-state index in [1.807, 2.05) is 0 Å². The summed E-state index contributed by atoms with van der Waals surface area (Å²) in [7, 11) is 1.71. The van der Waals surface area contributed by atoms with E-state index in [1.54, 1.807) is 14.0 Å². The van der Waals surface area contributed by atoms with Crippen LogP contribution in [-0.2, 0) is 4.79 Å². The number of rotatable bonds is 1. The fourth-order valence-corrected chi connectivity index (χ4v) is 1.14. The van der Waals surface area contributed by atoms with E-state index in [9.17, 15) is 4.79 Å². The van der Waals surface area contributed by atoms with Gasteiger partial charge in [0.05, 0.1) is 0 Å². The normalized spacial score (nSPS) is 30.8. The molecule has 2 heterocycles. The monoisotopic (exact) mass is 179 g/mol. The SMILES string of the molecule is CNC1(C)N=C2N=CN=C2C(=O)N1. The molecule has 1 atom stereocenters.